The standard InChI is InChI=1S/C15H20N6/c1-3-12-19-11(2)14(20-12)15-18-8-10-21(15)9-4-5-13-16-6-7-17-13/h6-8,10H,3-5,9H2,1-2H3,(H,16,17)(H,19,20). The number of nitrogens with one attached hydrogen (secondary N) is 2. The summed E-state index contributed by atoms with van der Waals surface area (Å²) in [5.74, 6) is 2.97. The third-order valence-electron chi connectivity index (χ3n) is 3.56. The molecule has 0 bridgehead atoms. The zero-order valence-corrected chi connectivity index (χ0v) is 12.4. The van der Waals surface area contributed by atoms with Crippen LogP contribution >= 0.6 is 0 Å². The number of nitrogens with zero attached hydrogens (tertiary/aromatic N) is 4. The van der Waals surface area contributed by atoms with Crippen molar-refractivity contribution in [3.05, 3.63) is 42.1 Å². The fraction of sp³-hybridized carbons (Fsp3) is 0.400. The molecule has 21 heavy (non-hydrogen) atoms. The number of imidazole rings is 3. The number of hydrogen-bond acceptors (Lipinski definition) is 3. The Morgan fingerprint density at radius 2 is 2.10 bits per heavy atom. The number of aryl methyl sites for hydroxylation is 4. The van der Waals surface area contributed by atoms with Crippen molar-refractivity contribution in [1.29, 1.82) is 0 Å². The molecule has 0 atom stereocenters. The summed E-state index contributed by atoms with van der Waals surface area (Å²) in [5.41, 5.74) is 2.03. The Hall–Kier alpha value is -2.37. The largest absolute Gasteiger partial charge is 0.349 e. The predicted molar refractivity (Wildman–Crippen MR) is 80.8 cm³/mol. The molecule has 0 fully saturated rings. The lowest BCUT2D eigenvalue weighted by Crippen LogP contribution is -2.02. The topological polar surface area (TPSA) is 75.2 Å². The van der Waals surface area contributed by atoms with Crippen LogP contribution in [0.25, 0.3) is 11.5 Å². The minimum atomic E-state index is 0.903. The van der Waals surface area contributed by atoms with Crippen molar-refractivity contribution in [1.82, 2.24) is 29.5 Å². The predicted octanol–water partition coefficient (Wildman–Crippen LogP) is 2.50. The van der Waals surface area contributed by atoms with Crippen LogP contribution in [0.5, 0.6) is 0 Å². The molecule has 0 unspecified atom stereocenters. The maximum Gasteiger partial charge on any atom is 0.160 e. The molecular weight excluding hydrogens is 264 g/mol. The van der Waals surface area contributed by atoms with Gasteiger partial charge < -0.3 is 14.5 Å². The highest BCUT2D eigenvalue weighted by molar-refractivity contribution is 5.53. The summed E-state index contributed by atoms with van der Waals surface area (Å²) in [4.78, 5) is 19.8. The average molecular weight is 284 g/mol. The number of H-pyrrole nitrogens is 2. The van der Waals surface area contributed by atoms with E-state index in [0.29, 0.717) is 0 Å². The van der Waals surface area contributed by atoms with Crippen LogP contribution in [-0.2, 0) is 19.4 Å². The summed E-state index contributed by atoms with van der Waals surface area (Å²) in [6.07, 6.45) is 10.3. The van der Waals surface area contributed by atoms with Crippen LogP contribution in [0, 0.1) is 6.92 Å². The summed E-state index contributed by atoms with van der Waals surface area (Å²) >= 11 is 0. The van der Waals surface area contributed by atoms with Gasteiger partial charge in [-0.3, -0.25) is 0 Å². The van der Waals surface area contributed by atoms with E-state index in [1.165, 1.54) is 0 Å². The van der Waals surface area contributed by atoms with Gasteiger partial charge in [-0.05, 0) is 13.3 Å². The first-order valence-electron chi connectivity index (χ1n) is 7.33. The molecule has 3 rings (SSSR count). The summed E-state index contributed by atoms with van der Waals surface area (Å²) in [6.45, 7) is 5.05. The molecule has 0 radical (unpaired) electrons. The minimum Gasteiger partial charge on any atom is -0.349 e. The van der Waals surface area contributed by atoms with Gasteiger partial charge in [0.2, 0.25) is 0 Å². The molecule has 0 spiro atoms. The van der Waals surface area contributed by atoms with Crippen molar-refractivity contribution in [2.75, 3.05) is 0 Å². The minimum absolute atomic E-state index is 0.903. The van der Waals surface area contributed by atoms with Crippen molar-refractivity contribution in [3.63, 3.8) is 0 Å². The second kappa shape index (κ2) is 5.95. The molecule has 0 saturated carbocycles. The third kappa shape index (κ3) is 2.89. The number of rotatable bonds is 6. The third-order valence-corrected chi connectivity index (χ3v) is 3.56. The second-order valence-electron chi connectivity index (χ2n) is 5.09. The van der Waals surface area contributed by atoms with Gasteiger partial charge >= 0.3 is 0 Å². The first-order valence-corrected chi connectivity index (χ1v) is 7.33. The monoisotopic (exact) mass is 284 g/mol. The van der Waals surface area contributed by atoms with E-state index in [1.54, 1.807) is 6.20 Å². The Labute approximate surface area is 123 Å². The second-order valence-corrected chi connectivity index (χ2v) is 5.09. The molecule has 3 aromatic heterocycles. The van der Waals surface area contributed by atoms with E-state index in [0.717, 1.165) is 54.7 Å². The maximum absolute atomic E-state index is 4.63. The molecule has 0 aliphatic carbocycles. The molecule has 0 amide bonds. The normalized spacial score (nSPS) is 11.1. The Kier molecular flexibility index (Phi) is 3.85. The smallest absolute Gasteiger partial charge is 0.160 e. The van der Waals surface area contributed by atoms with E-state index in [-0.39, 0.29) is 0 Å². The van der Waals surface area contributed by atoms with Gasteiger partial charge in [0, 0.05) is 49.9 Å². The number of aromatic nitrogens is 6. The fourth-order valence-electron chi connectivity index (χ4n) is 2.47. The van der Waals surface area contributed by atoms with Crippen LogP contribution in [0.4, 0.5) is 0 Å². The molecule has 110 valence electrons. The number of aromatic amines is 2. The van der Waals surface area contributed by atoms with Gasteiger partial charge in [0.05, 0.1) is 0 Å². The van der Waals surface area contributed by atoms with E-state index in [4.69, 9.17) is 0 Å². The van der Waals surface area contributed by atoms with E-state index >= 15 is 0 Å². The lowest BCUT2D eigenvalue weighted by atomic mass is 10.3. The molecule has 2 N–H and O–H groups in total. The molecule has 0 aromatic carbocycles. The fourth-order valence-corrected chi connectivity index (χ4v) is 2.47. The van der Waals surface area contributed by atoms with Gasteiger partial charge in [0.1, 0.15) is 17.3 Å². The molecule has 0 aliphatic heterocycles. The Bertz CT molecular complexity index is 692. The SMILES string of the molecule is CCc1nc(-c2nccn2CCCc2ncc[nH]2)c(C)[nH]1. The Morgan fingerprint density at radius 3 is 2.81 bits per heavy atom. The van der Waals surface area contributed by atoms with Gasteiger partial charge in [0.15, 0.2) is 5.82 Å². The summed E-state index contributed by atoms with van der Waals surface area (Å²) in [5, 5.41) is 0. The lowest BCUT2D eigenvalue weighted by molar-refractivity contribution is 0.635. The van der Waals surface area contributed by atoms with Crippen LogP contribution in [-0.4, -0.2) is 29.5 Å². The molecule has 0 saturated heterocycles. The molecular formula is C15H20N6. The lowest BCUT2D eigenvalue weighted by Gasteiger charge is -2.06. The quantitative estimate of drug-likeness (QED) is 0.730. The van der Waals surface area contributed by atoms with Crippen molar-refractivity contribution in [2.24, 2.45) is 0 Å². The van der Waals surface area contributed by atoms with Crippen LogP contribution in [0.15, 0.2) is 24.8 Å². The molecule has 3 aromatic rings. The first-order chi connectivity index (χ1) is 10.3. The van der Waals surface area contributed by atoms with Gasteiger partial charge in [-0.2, -0.15) is 0 Å². The molecule has 6 nitrogen and oxygen atoms in total. The van der Waals surface area contributed by atoms with Crippen LogP contribution in [0.3, 0.4) is 0 Å². The van der Waals surface area contributed by atoms with E-state index in [2.05, 4.69) is 36.4 Å². The molecule has 6 heteroatoms. The van der Waals surface area contributed by atoms with Gasteiger partial charge in [-0.15, -0.1) is 0 Å². The van der Waals surface area contributed by atoms with Gasteiger partial charge in [0.25, 0.3) is 0 Å². The highest BCUT2D eigenvalue weighted by Crippen LogP contribution is 2.20. The van der Waals surface area contributed by atoms with Crippen molar-refractivity contribution in [3.8, 4) is 11.5 Å². The van der Waals surface area contributed by atoms with Crippen molar-refractivity contribution >= 4 is 0 Å². The first kappa shape index (κ1) is 13.6. The summed E-state index contributed by atoms with van der Waals surface area (Å²) < 4.78 is 2.16. The van der Waals surface area contributed by atoms with Gasteiger partial charge in [-0.25, -0.2) is 15.0 Å². The Balaban J connectivity index is 1.72. The van der Waals surface area contributed by atoms with E-state index in [9.17, 15) is 0 Å². The summed E-state index contributed by atoms with van der Waals surface area (Å²) in [7, 11) is 0. The van der Waals surface area contributed by atoms with Gasteiger partial charge in [-0.1, -0.05) is 6.92 Å². The van der Waals surface area contributed by atoms with Crippen LogP contribution in [0.2, 0.25) is 0 Å². The van der Waals surface area contributed by atoms with Crippen LogP contribution < -0.4 is 0 Å². The van der Waals surface area contributed by atoms with Crippen molar-refractivity contribution < 1.29 is 0 Å². The van der Waals surface area contributed by atoms with Crippen molar-refractivity contribution in [2.45, 2.75) is 39.7 Å². The average Bonchev–Trinajstić information content (AvgIpc) is 3.19. The zero-order chi connectivity index (χ0) is 14.7. The summed E-state index contributed by atoms with van der Waals surface area (Å²) in [6, 6.07) is 0. The maximum atomic E-state index is 4.63. The highest BCUT2D eigenvalue weighted by Gasteiger charge is 2.13. The highest BCUT2D eigenvalue weighted by atomic mass is 15.1. The number of hydrogen-bond donors (Lipinski definition) is 2. The van der Waals surface area contributed by atoms with E-state index < -0.39 is 0 Å². The molecule has 3 heterocycles. The molecule has 0 aliphatic rings. The Morgan fingerprint density at radius 1 is 1.19 bits per heavy atom. The van der Waals surface area contributed by atoms with Crippen LogP contribution in [0.1, 0.15) is 30.7 Å². The zero-order valence-electron chi connectivity index (χ0n) is 12.4. The van der Waals surface area contributed by atoms with E-state index in [1.807, 2.05) is 25.5 Å².